The Morgan fingerprint density at radius 1 is 1.13 bits per heavy atom. The van der Waals surface area contributed by atoms with Gasteiger partial charge in [-0.1, -0.05) is 56.9 Å². The average molecular weight is 552 g/mol. The largest absolute Gasteiger partial charge is 0.482 e. The van der Waals surface area contributed by atoms with Crippen LogP contribution in [-0.4, -0.2) is 59.9 Å². The van der Waals surface area contributed by atoms with E-state index < -0.39 is 0 Å². The van der Waals surface area contributed by atoms with Crippen LogP contribution in [0.2, 0.25) is 0 Å². The first kappa shape index (κ1) is 26.4. The molecule has 2 saturated heterocycles. The molecule has 0 atom stereocenters. The van der Waals surface area contributed by atoms with Gasteiger partial charge in [0.25, 0.3) is 17.7 Å². The third kappa shape index (κ3) is 5.62. The molecule has 1 N–H and O–H groups in total. The van der Waals surface area contributed by atoms with E-state index in [0.29, 0.717) is 52.5 Å². The minimum Gasteiger partial charge on any atom is -0.482 e. The van der Waals surface area contributed by atoms with Crippen molar-refractivity contribution in [3.8, 4) is 5.75 Å². The molecule has 198 valence electrons. The average Bonchev–Trinajstić information content (AvgIpc) is 3.21. The van der Waals surface area contributed by atoms with Gasteiger partial charge in [-0.25, -0.2) is 0 Å². The zero-order valence-electron chi connectivity index (χ0n) is 21.5. The Labute approximate surface area is 231 Å². The molecule has 0 saturated carbocycles. The second-order valence-electron chi connectivity index (χ2n) is 10.4. The Bertz CT molecular complexity index is 1360. The SMILES string of the molecule is CC(C)(C)c1cc(CN2C(=O)COc3ccc(/C=C4\SC(=S)NC4=O)cc32)cc(C(=O)N2CCOCC2)c1. The van der Waals surface area contributed by atoms with Crippen molar-refractivity contribution in [2.75, 3.05) is 37.8 Å². The zero-order chi connectivity index (χ0) is 27.0. The normalized spacial score (nSPS) is 18.9. The van der Waals surface area contributed by atoms with Crippen LogP contribution in [0.15, 0.2) is 41.3 Å². The van der Waals surface area contributed by atoms with E-state index in [9.17, 15) is 14.4 Å². The lowest BCUT2D eigenvalue weighted by Gasteiger charge is -2.31. The first-order chi connectivity index (χ1) is 18.1. The standard InChI is InChI=1S/C28H29N3O5S2/c1-28(2,3)20-11-18(10-19(14-20)26(34)30-6-8-35-9-7-30)15-31-21-12-17(4-5-22(21)36-16-24(31)32)13-23-25(33)29-27(37)38-23/h4-5,10-14H,6-9,15-16H2,1-3H3,(H,29,33,37)/b23-13-. The van der Waals surface area contributed by atoms with Crippen molar-refractivity contribution in [3.05, 3.63) is 63.6 Å². The molecule has 38 heavy (non-hydrogen) atoms. The summed E-state index contributed by atoms with van der Waals surface area (Å²) in [6.45, 7) is 8.69. The van der Waals surface area contributed by atoms with Gasteiger partial charge in [0.15, 0.2) is 6.61 Å². The Morgan fingerprint density at radius 2 is 1.89 bits per heavy atom. The van der Waals surface area contributed by atoms with Gasteiger partial charge < -0.3 is 24.6 Å². The van der Waals surface area contributed by atoms with E-state index in [0.717, 1.165) is 16.7 Å². The molecule has 8 nitrogen and oxygen atoms in total. The molecule has 0 radical (unpaired) electrons. The number of amides is 3. The van der Waals surface area contributed by atoms with Crippen LogP contribution in [0.4, 0.5) is 5.69 Å². The van der Waals surface area contributed by atoms with E-state index in [1.807, 2.05) is 29.2 Å². The van der Waals surface area contributed by atoms with Gasteiger partial charge in [-0.3, -0.25) is 14.4 Å². The monoisotopic (exact) mass is 551 g/mol. The second kappa shape index (κ2) is 10.5. The molecular formula is C28H29N3O5S2. The molecule has 3 aliphatic heterocycles. The number of anilines is 1. The number of hydrogen-bond donors (Lipinski definition) is 1. The van der Waals surface area contributed by atoms with E-state index in [1.54, 1.807) is 17.0 Å². The summed E-state index contributed by atoms with van der Waals surface area (Å²) in [7, 11) is 0. The second-order valence-corrected chi connectivity index (χ2v) is 12.1. The van der Waals surface area contributed by atoms with Crippen molar-refractivity contribution in [2.45, 2.75) is 32.7 Å². The number of thiocarbonyl (C=S) groups is 1. The summed E-state index contributed by atoms with van der Waals surface area (Å²) in [5.41, 5.74) is 3.66. The molecule has 0 aromatic heterocycles. The third-order valence-corrected chi connectivity index (χ3v) is 7.77. The number of rotatable bonds is 4. The number of morpholine rings is 1. The molecule has 2 aromatic carbocycles. The highest BCUT2D eigenvalue weighted by Gasteiger charge is 2.29. The van der Waals surface area contributed by atoms with Crippen LogP contribution in [-0.2, 0) is 26.3 Å². The van der Waals surface area contributed by atoms with E-state index in [4.69, 9.17) is 21.7 Å². The fraction of sp³-hybridized carbons (Fsp3) is 0.357. The first-order valence-corrected chi connectivity index (χ1v) is 13.6. The van der Waals surface area contributed by atoms with Gasteiger partial charge in [-0.05, 0) is 52.4 Å². The molecule has 3 heterocycles. The van der Waals surface area contributed by atoms with E-state index >= 15 is 0 Å². The van der Waals surface area contributed by atoms with Crippen LogP contribution in [0.5, 0.6) is 5.75 Å². The third-order valence-electron chi connectivity index (χ3n) is 6.61. The maximum absolute atomic E-state index is 13.4. The quantitative estimate of drug-likeness (QED) is 0.456. The molecule has 0 aliphatic carbocycles. The minimum absolute atomic E-state index is 0.0338. The summed E-state index contributed by atoms with van der Waals surface area (Å²) < 4.78 is 11.5. The van der Waals surface area contributed by atoms with Crippen LogP contribution >= 0.6 is 24.0 Å². The van der Waals surface area contributed by atoms with E-state index in [-0.39, 0.29) is 36.3 Å². The van der Waals surface area contributed by atoms with Crippen molar-refractivity contribution in [2.24, 2.45) is 0 Å². The number of nitrogens with zero attached hydrogens (tertiary/aromatic N) is 2. The molecular weight excluding hydrogens is 522 g/mol. The molecule has 3 amide bonds. The molecule has 10 heteroatoms. The van der Waals surface area contributed by atoms with Crippen molar-refractivity contribution in [1.82, 2.24) is 10.2 Å². The van der Waals surface area contributed by atoms with Crippen molar-refractivity contribution < 1.29 is 23.9 Å². The lowest BCUT2D eigenvalue weighted by atomic mass is 9.84. The number of hydrogen-bond acceptors (Lipinski definition) is 7. The summed E-state index contributed by atoms with van der Waals surface area (Å²) in [6.07, 6.45) is 1.75. The van der Waals surface area contributed by atoms with Gasteiger partial charge in [-0.15, -0.1) is 0 Å². The molecule has 0 bridgehead atoms. The predicted octanol–water partition coefficient (Wildman–Crippen LogP) is 3.87. The van der Waals surface area contributed by atoms with Gasteiger partial charge in [0.05, 0.1) is 30.4 Å². The van der Waals surface area contributed by atoms with Crippen molar-refractivity contribution in [1.29, 1.82) is 0 Å². The molecule has 3 aliphatic rings. The number of carbonyl (C=O) groups is 3. The van der Waals surface area contributed by atoms with Gasteiger partial charge in [0.2, 0.25) is 0 Å². The molecule has 5 rings (SSSR count). The van der Waals surface area contributed by atoms with Gasteiger partial charge in [-0.2, -0.15) is 0 Å². The summed E-state index contributed by atoms with van der Waals surface area (Å²) in [5, 5.41) is 2.61. The number of benzene rings is 2. The van der Waals surface area contributed by atoms with Crippen LogP contribution in [0.25, 0.3) is 6.08 Å². The highest BCUT2D eigenvalue weighted by atomic mass is 32.2. The highest BCUT2D eigenvalue weighted by Crippen LogP contribution is 2.36. The molecule has 0 spiro atoms. The van der Waals surface area contributed by atoms with Crippen molar-refractivity contribution >= 4 is 57.8 Å². The fourth-order valence-electron chi connectivity index (χ4n) is 4.53. The van der Waals surface area contributed by atoms with E-state index in [1.165, 1.54) is 11.8 Å². The fourth-order valence-corrected chi connectivity index (χ4v) is 5.57. The lowest BCUT2D eigenvalue weighted by Crippen LogP contribution is -2.41. The van der Waals surface area contributed by atoms with Gasteiger partial charge in [0, 0.05) is 18.7 Å². The Hall–Kier alpha value is -3.21. The number of carbonyl (C=O) groups excluding carboxylic acids is 3. The lowest BCUT2D eigenvalue weighted by molar-refractivity contribution is -0.121. The van der Waals surface area contributed by atoms with Crippen LogP contribution in [0.3, 0.4) is 0 Å². The Kier molecular flexibility index (Phi) is 7.30. The smallest absolute Gasteiger partial charge is 0.265 e. The summed E-state index contributed by atoms with van der Waals surface area (Å²) in [6, 6.07) is 11.4. The van der Waals surface area contributed by atoms with Crippen LogP contribution in [0.1, 0.15) is 47.8 Å². The maximum Gasteiger partial charge on any atom is 0.265 e. The Morgan fingerprint density at radius 3 is 2.58 bits per heavy atom. The van der Waals surface area contributed by atoms with Gasteiger partial charge >= 0.3 is 0 Å². The van der Waals surface area contributed by atoms with Crippen LogP contribution < -0.4 is 15.0 Å². The number of ether oxygens (including phenoxy) is 2. The molecule has 2 fully saturated rings. The zero-order valence-corrected chi connectivity index (χ0v) is 23.2. The molecule has 2 aromatic rings. The molecule has 0 unspecified atom stereocenters. The Balaban J connectivity index is 1.49. The number of fused-ring (bicyclic) bond motifs is 1. The summed E-state index contributed by atoms with van der Waals surface area (Å²) in [5.74, 6) is 0.132. The maximum atomic E-state index is 13.4. The first-order valence-electron chi connectivity index (χ1n) is 12.4. The highest BCUT2D eigenvalue weighted by molar-refractivity contribution is 8.26. The van der Waals surface area contributed by atoms with Gasteiger partial charge in [0.1, 0.15) is 10.1 Å². The summed E-state index contributed by atoms with van der Waals surface area (Å²) in [4.78, 5) is 42.6. The minimum atomic E-state index is -0.238. The van der Waals surface area contributed by atoms with E-state index in [2.05, 4.69) is 32.2 Å². The summed E-state index contributed by atoms with van der Waals surface area (Å²) >= 11 is 6.29. The topological polar surface area (TPSA) is 88.2 Å². The predicted molar refractivity (Wildman–Crippen MR) is 151 cm³/mol. The number of nitrogens with one attached hydrogen (secondary N) is 1. The number of thioether (sulfide) groups is 1. The van der Waals surface area contributed by atoms with Crippen molar-refractivity contribution in [3.63, 3.8) is 0 Å². The van der Waals surface area contributed by atoms with Crippen LogP contribution in [0, 0.1) is 0 Å².